The standard InChI is InChI=1S/C14H13ClN4/c1-16-12-10-6-4-8-17-13(10)19-14(18-12)9-5-2-3-7-11(9)15/h2-8,14H,1H3,(H,16,18)(H,17,19). The minimum absolute atomic E-state index is 0.130. The van der Waals surface area contributed by atoms with Crippen molar-refractivity contribution in [2.75, 3.05) is 12.4 Å². The number of halogens is 1. The fraction of sp³-hybridized carbons (Fsp3) is 0.143. The highest BCUT2D eigenvalue weighted by molar-refractivity contribution is 6.31. The SMILES string of the molecule is CN=C1NC(c2ccccc2Cl)Nc2ncccc21. The molecule has 4 nitrogen and oxygen atoms in total. The molecule has 0 radical (unpaired) electrons. The summed E-state index contributed by atoms with van der Waals surface area (Å²) in [5, 5.41) is 7.37. The first-order chi connectivity index (χ1) is 9.29. The molecule has 1 unspecified atom stereocenters. The maximum absolute atomic E-state index is 6.24. The van der Waals surface area contributed by atoms with Gasteiger partial charge in [-0.05, 0) is 18.2 Å². The van der Waals surface area contributed by atoms with E-state index in [-0.39, 0.29) is 6.17 Å². The molecule has 96 valence electrons. The predicted octanol–water partition coefficient (Wildman–Crippen LogP) is 2.83. The van der Waals surface area contributed by atoms with Gasteiger partial charge < -0.3 is 10.6 Å². The van der Waals surface area contributed by atoms with Gasteiger partial charge in [0, 0.05) is 23.8 Å². The smallest absolute Gasteiger partial charge is 0.138 e. The fourth-order valence-electron chi connectivity index (χ4n) is 2.15. The Bertz CT molecular complexity index is 639. The number of hydrogen-bond donors (Lipinski definition) is 2. The predicted molar refractivity (Wildman–Crippen MR) is 77.6 cm³/mol. The normalized spacial score (nSPS) is 19.5. The quantitative estimate of drug-likeness (QED) is 0.839. The molecule has 0 spiro atoms. The van der Waals surface area contributed by atoms with Gasteiger partial charge in [-0.25, -0.2) is 4.98 Å². The molecular formula is C14H13ClN4. The highest BCUT2D eigenvalue weighted by Gasteiger charge is 2.24. The van der Waals surface area contributed by atoms with Gasteiger partial charge in [0.1, 0.15) is 17.8 Å². The molecule has 5 heteroatoms. The Morgan fingerprint density at radius 3 is 2.79 bits per heavy atom. The Morgan fingerprint density at radius 1 is 1.16 bits per heavy atom. The van der Waals surface area contributed by atoms with Crippen molar-refractivity contribution >= 4 is 23.3 Å². The second-order valence-corrected chi connectivity index (χ2v) is 4.62. The van der Waals surface area contributed by atoms with E-state index < -0.39 is 0 Å². The van der Waals surface area contributed by atoms with Gasteiger partial charge in [0.05, 0.1) is 5.56 Å². The molecule has 0 fully saturated rings. The first-order valence-electron chi connectivity index (χ1n) is 5.99. The number of aromatic nitrogens is 1. The number of pyridine rings is 1. The lowest BCUT2D eigenvalue weighted by Crippen LogP contribution is -2.39. The van der Waals surface area contributed by atoms with Gasteiger partial charge in [0.25, 0.3) is 0 Å². The van der Waals surface area contributed by atoms with Crippen LogP contribution in [0.15, 0.2) is 47.6 Å². The summed E-state index contributed by atoms with van der Waals surface area (Å²) in [6.45, 7) is 0. The fourth-order valence-corrected chi connectivity index (χ4v) is 2.39. The Morgan fingerprint density at radius 2 is 2.00 bits per heavy atom. The summed E-state index contributed by atoms with van der Waals surface area (Å²) in [6.07, 6.45) is 1.63. The molecular weight excluding hydrogens is 260 g/mol. The Balaban J connectivity index is 2.03. The largest absolute Gasteiger partial charge is 0.346 e. The average Bonchev–Trinajstić information content (AvgIpc) is 2.46. The Hall–Kier alpha value is -2.07. The van der Waals surface area contributed by atoms with E-state index in [0.717, 1.165) is 22.8 Å². The summed E-state index contributed by atoms with van der Waals surface area (Å²) in [6, 6.07) is 11.6. The van der Waals surface area contributed by atoms with E-state index in [2.05, 4.69) is 20.6 Å². The van der Waals surface area contributed by atoms with Crippen LogP contribution in [-0.2, 0) is 0 Å². The molecule has 1 atom stereocenters. The number of nitrogens with zero attached hydrogens (tertiary/aromatic N) is 2. The first kappa shape index (κ1) is 12.0. The Kier molecular flexibility index (Phi) is 3.09. The highest BCUT2D eigenvalue weighted by Crippen LogP contribution is 2.28. The minimum atomic E-state index is -0.130. The topological polar surface area (TPSA) is 49.3 Å². The molecule has 19 heavy (non-hydrogen) atoms. The second-order valence-electron chi connectivity index (χ2n) is 4.21. The van der Waals surface area contributed by atoms with E-state index >= 15 is 0 Å². The number of aliphatic imine (C=N–C) groups is 1. The molecule has 2 heterocycles. The van der Waals surface area contributed by atoms with Crippen LogP contribution < -0.4 is 10.6 Å². The molecule has 1 aliphatic rings. The van der Waals surface area contributed by atoms with Crippen LogP contribution in [0.4, 0.5) is 5.82 Å². The summed E-state index contributed by atoms with van der Waals surface area (Å²) in [7, 11) is 1.76. The molecule has 1 aromatic carbocycles. The monoisotopic (exact) mass is 272 g/mol. The van der Waals surface area contributed by atoms with Crippen LogP contribution in [-0.4, -0.2) is 17.9 Å². The zero-order valence-corrected chi connectivity index (χ0v) is 11.1. The van der Waals surface area contributed by atoms with Crippen LogP contribution >= 0.6 is 11.6 Å². The summed E-state index contributed by atoms with van der Waals surface area (Å²) >= 11 is 6.24. The third kappa shape index (κ3) is 2.15. The van der Waals surface area contributed by atoms with Crippen LogP contribution in [0.3, 0.4) is 0 Å². The van der Waals surface area contributed by atoms with E-state index in [4.69, 9.17) is 11.6 Å². The molecule has 0 saturated carbocycles. The highest BCUT2D eigenvalue weighted by atomic mass is 35.5. The zero-order valence-electron chi connectivity index (χ0n) is 10.4. The van der Waals surface area contributed by atoms with Gasteiger partial charge in [-0.3, -0.25) is 4.99 Å². The van der Waals surface area contributed by atoms with Crippen LogP contribution in [0, 0.1) is 0 Å². The van der Waals surface area contributed by atoms with Gasteiger partial charge in [-0.15, -0.1) is 0 Å². The summed E-state index contributed by atoms with van der Waals surface area (Å²) < 4.78 is 0. The van der Waals surface area contributed by atoms with Crippen LogP contribution in [0.5, 0.6) is 0 Å². The van der Waals surface area contributed by atoms with E-state index in [1.807, 2.05) is 36.4 Å². The second kappa shape index (κ2) is 4.90. The van der Waals surface area contributed by atoms with Gasteiger partial charge >= 0.3 is 0 Å². The number of hydrogen-bond acceptors (Lipinski definition) is 3. The van der Waals surface area contributed by atoms with Crippen molar-refractivity contribution in [1.29, 1.82) is 0 Å². The molecule has 1 aliphatic heterocycles. The lowest BCUT2D eigenvalue weighted by atomic mass is 10.1. The average molecular weight is 273 g/mol. The maximum Gasteiger partial charge on any atom is 0.138 e. The van der Waals surface area contributed by atoms with E-state index in [0.29, 0.717) is 5.02 Å². The van der Waals surface area contributed by atoms with Crippen LogP contribution in [0.1, 0.15) is 17.3 Å². The number of nitrogens with one attached hydrogen (secondary N) is 2. The lowest BCUT2D eigenvalue weighted by molar-refractivity contribution is 0.714. The third-order valence-corrected chi connectivity index (χ3v) is 3.41. The molecule has 0 bridgehead atoms. The van der Waals surface area contributed by atoms with Crippen LogP contribution in [0.2, 0.25) is 5.02 Å². The van der Waals surface area contributed by atoms with E-state index in [1.54, 1.807) is 13.2 Å². The van der Waals surface area contributed by atoms with Gasteiger partial charge in [0.15, 0.2) is 0 Å². The number of anilines is 1. The first-order valence-corrected chi connectivity index (χ1v) is 6.37. The lowest BCUT2D eigenvalue weighted by Gasteiger charge is -2.29. The van der Waals surface area contributed by atoms with Crippen LogP contribution in [0.25, 0.3) is 0 Å². The van der Waals surface area contributed by atoms with Crippen molar-refractivity contribution < 1.29 is 0 Å². The van der Waals surface area contributed by atoms with Crippen molar-refractivity contribution in [3.05, 3.63) is 58.7 Å². The zero-order chi connectivity index (χ0) is 13.2. The van der Waals surface area contributed by atoms with Crippen molar-refractivity contribution in [3.63, 3.8) is 0 Å². The van der Waals surface area contributed by atoms with Crippen molar-refractivity contribution in [2.45, 2.75) is 6.17 Å². The summed E-state index contributed by atoms with van der Waals surface area (Å²) in [5.74, 6) is 1.62. The number of amidine groups is 1. The third-order valence-electron chi connectivity index (χ3n) is 3.06. The van der Waals surface area contributed by atoms with E-state index in [1.165, 1.54) is 0 Å². The summed E-state index contributed by atoms with van der Waals surface area (Å²) in [5.41, 5.74) is 1.94. The van der Waals surface area contributed by atoms with Gasteiger partial charge in [-0.2, -0.15) is 0 Å². The Labute approximate surface area is 116 Å². The van der Waals surface area contributed by atoms with E-state index in [9.17, 15) is 0 Å². The molecule has 0 amide bonds. The molecule has 3 rings (SSSR count). The van der Waals surface area contributed by atoms with Crippen molar-refractivity contribution in [2.24, 2.45) is 4.99 Å². The van der Waals surface area contributed by atoms with Gasteiger partial charge in [-0.1, -0.05) is 29.8 Å². The molecule has 2 aromatic rings. The molecule has 1 aromatic heterocycles. The number of rotatable bonds is 1. The molecule has 0 saturated heterocycles. The van der Waals surface area contributed by atoms with Gasteiger partial charge in [0.2, 0.25) is 0 Å². The summed E-state index contributed by atoms with van der Waals surface area (Å²) in [4.78, 5) is 8.62. The number of fused-ring (bicyclic) bond motifs is 1. The molecule has 0 aliphatic carbocycles. The maximum atomic E-state index is 6.24. The van der Waals surface area contributed by atoms with Crippen molar-refractivity contribution in [1.82, 2.24) is 10.3 Å². The molecule has 2 N–H and O–H groups in total. The number of benzene rings is 1. The van der Waals surface area contributed by atoms with Crippen molar-refractivity contribution in [3.8, 4) is 0 Å². The minimum Gasteiger partial charge on any atom is -0.346 e.